The van der Waals surface area contributed by atoms with Crippen molar-refractivity contribution in [1.82, 2.24) is 4.90 Å². The molecule has 1 unspecified atom stereocenters. The average molecular weight is 256 g/mol. The maximum atomic E-state index is 12.5. The summed E-state index contributed by atoms with van der Waals surface area (Å²) in [5, 5.41) is 9.40. The molecule has 0 aromatic carbocycles. The summed E-state index contributed by atoms with van der Waals surface area (Å²) < 4.78 is 0. The lowest BCUT2D eigenvalue weighted by molar-refractivity contribution is -0.137. The fourth-order valence-electron chi connectivity index (χ4n) is 2.60. The maximum absolute atomic E-state index is 12.5. The molecule has 96 valence electrons. The van der Waals surface area contributed by atoms with Crippen LogP contribution in [-0.4, -0.2) is 40.1 Å². The summed E-state index contributed by atoms with van der Waals surface area (Å²) in [6.07, 6.45) is 5.65. The third-order valence-electron chi connectivity index (χ3n) is 3.98. The number of thiocarbonyl (C=S) groups is 1. The molecule has 1 saturated carbocycles. The number of hydrogen-bond acceptors (Lipinski definition) is 3. The van der Waals surface area contributed by atoms with Crippen LogP contribution in [0.3, 0.4) is 0 Å². The van der Waals surface area contributed by atoms with Crippen molar-refractivity contribution in [3.05, 3.63) is 0 Å². The van der Waals surface area contributed by atoms with Gasteiger partial charge in [-0.1, -0.05) is 25.1 Å². The Labute approximate surface area is 107 Å². The molecule has 3 N–H and O–H groups in total. The van der Waals surface area contributed by atoms with E-state index in [1.165, 1.54) is 0 Å². The van der Waals surface area contributed by atoms with E-state index < -0.39 is 5.41 Å². The molecule has 1 saturated heterocycles. The summed E-state index contributed by atoms with van der Waals surface area (Å²) in [6.45, 7) is 0.771. The minimum Gasteiger partial charge on any atom is -0.394 e. The molecule has 2 fully saturated rings. The molecule has 17 heavy (non-hydrogen) atoms. The van der Waals surface area contributed by atoms with Crippen LogP contribution in [0.4, 0.5) is 0 Å². The number of rotatable bonds is 3. The Hall–Kier alpha value is -0.680. The topological polar surface area (TPSA) is 66.6 Å². The first-order valence-electron chi connectivity index (χ1n) is 6.33. The van der Waals surface area contributed by atoms with E-state index in [0.29, 0.717) is 4.99 Å². The van der Waals surface area contributed by atoms with E-state index in [2.05, 4.69) is 0 Å². The quantitative estimate of drug-likeness (QED) is 0.734. The number of aliphatic hydroxyl groups excluding tert-OH is 1. The predicted octanol–water partition coefficient (Wildman–Crippen LogP) is 0.816. The maximum Gasteiger partial charge on any atom is 0.235 e. The summed E-state index contributed by atoms with van der Waals surface area (Å²) >= 11 is 5.02. The number of likely N-dealkylation sites (tertiary alicyclic amines) is 1. The van der Waals surface area contributed by atoms with Crippen LogP contribution in [0.5, 0.6) is 0 Å². The second-order valence-electron chi connectivity index (χ2n) is 5.13. The number of nitrogens with two attached hydrogens (primary N) is 1. The summed E-state index contributed by atoms with van der Waals surface area (Å²) in [6, 6.07) is -0.0446. The highest BCUT2D eigenvalue weighted by Gasteiger charge is 2.55. The molecule has 0 radical (unpaired) electrons. The van der Waals surface area contributed by atoms with Crippen LogP contribution >= 0.6 is 12.2 Å². The monoisotopic (exact) mass is 256 g/mol. The summed E-state index contributed by atoms with van der Waals surface area (Å²) in [7, 11) is 0. The van der Waals surface area contributed by atoms with Crippen LogP contribution in [0.1, 0.15) is 38.5 Å². The van der Waals surface area contributed by atoms with E-state index in [0.717, 1.165) is 45.1 Å². The zero-order valence-corrected chi connectivity index (χ0v) is 10.8. The molecular weight excluding hydrogens is 236 g/mol. The third-order valence-corrected chi connectivity index (χ3v) is 4.37. The van der Waals surface area contributed by atoms with Crippen molar-refractivity contribution in [2.24, 2.45) is 11.1 Å². The Morgan fingerprint density at radius 2 is 2.12 bits per heavy atom. The van der Waals surface area contributed by atoms with Gasteiger partial charge in [0.1, 0.15) is 0 Å². The number of aliphatic hydroxyl groups is 1. The molecule has 0 aromatic rings. The third kappa shape index (κ3) is 2.31. The molecule has 4 nitrogen and oxygen atoms in total. The SMILES string of the molecule is NC(=S)C1(C(=O)N2CCCCCC2CO)CC1. The fourth-order valence-corrected chi connectivity index (χ4v) is 2.89. The minimum atomic E-state index is -0.576. The highest BCUT2D eigenvalue weighted by atomic mass is 32.1. The van der Waals surface area contributed by atoms with Gasteiger partial charge < -0.3 is 15.7 Å². The first-order valence-corrected chi connectivity index (χ1v) is 6.74. The van der Waals surface area contributed by atoms with E-state index in [-0.39, 0.29) is 18.6 Å². The van der Waals surface area contributed by atoms with Gasteiger partial charge in [0.05, 0.1) is 23.1 Å². The zero-order chi connectivity index (χ0) is 12.5. The van der Waals surface area contributed by atoms with Gasteiger partial charge in [-0.2, -0.15) is 0 Å². The molecule has 1 aliphatic carbocycles. The van der Waals surface area contributed by atoms with Gasteiger partial charge in [0.25, 0.3) is 0 Å². The highest BCUT2D eigenvalue weighted by Crippen LogP contribution is 2.48. The van der Waals surface area contributed by atoms with Crippen molar-refractivity contribution in [2.75, 3.05) is 13.2 Å². The first-order chi connectivity index (χ1) is 8.12. The molecule has 1 heterocycles. The standard InChI is InChI=1S/C12H20N2O2S/c13-10(17)12(5-6-12)11(16)14-7-3-1-2-4-9(14)8-15/h9,15H,1-8H2,(H2,13,17). The Balaban J connectivity index is 2.13. The lowest BCUT2D eigenvalue weighted by atomic mass is 10.0. The molecule has 1 aliphatic heterocycles. The Kier molecular flexibility index (Phi) is 3.68. The van der Waals surface area contributed by atoms with Crippen LogP contribution in [0, 0.1) is 5.41 Å². The number of amides is 1. The number of hydrogen-bond donors (Lipinski definition) is 2. The van der Waals surface area contributed by atoms with E-state index in [1.807, 2.05) is 4.90 Å². The van der Waals surface area contributed by atoms with Crippen molar-refractivity contribution in [3.63, 3.8) is 0 Å². The number of carbonyl (C=O) groups excluding carboxylic acids is 1. The molecule has 2 aliphatic rings. The van der Waals surface area contributed by atoms with Crippen molar-refractivity contribution in [3.8, 4) is 0 Å². The minimum absolute atomic E-state index is 0.0408. The van der Waals surface area contributed by atoms with Gasteiger partial charge in [0.15, 0.2) is 0 Å². The van der Waals surface area contributed by atoms with Crippen LogP contribution in [0.15, 0.2) is 0 Å². The second-order valence-corrected chi connectivity index (χ2v) is 5.57. The lowest BCUT2D eigenvalue weighted by Gasteiger charge is -2.32. The molecule has 0 spiro atoms. The van der Waals surface area contributed by atoms with Gasteiger partial charge in [-0.3, -0.25) is 4.79 Å². The van der Waals surface area contributed by atoms with E-state index in [9.17, 15) is 9.90 Å². The van der Waals surface area contributed by atoms with Crippen molar-refractivity contribution in [1.29, 1.82) is 0 Å². The highest BCUT2D eigenvalue weighted by molar-refractivity contribution is 7.80. The van der Waals surface area contributed by atoms with E-state index >= 15 is 0 Å². The Morgan fingerprint density at radius 3 is 2.65 bits per heavy atom. The molecule has 5 heteroatoms. The summed E-state index contributed by atoms with van der Waals surface area (Å²) in [5.74, 6) is 0.0472. The molecule has 2 rings (SSSR count). The molecule has 0 aromatic heterocycles. The molecular formula is C12H20N2O2S. The Morgan fingerprint density at radius 1 is 1.41 bits per heavy atom. The van der Waals surface area contributed by atoms with Crippen molar-refractivity contribution >= 4 is 23.1 Å². The van der Waals surface area contributed by atoms with E-state index in [1.54, 1.807) is 0 Å². The summed E-state index contributed by atoms with van der Waals surface area (Å²) in [5.41, 5.74) is 5.11. The average Bonchev–Trinajstić information content (AvgIpc) is 3.12. The number of carbonyl (C=O) groups is 1. The smallest absolute Gasteiger partial charge is 0.235 e. The van der Waals surface area contributed by atoms with Gasteiger partial charge in [0, 0.05) is 6.54 Å². The van der Waals surface area contributed by atoms with Crippen LogP contribution in [0.25, 0.3) is 0 Å². The van der Waals surface area contributed by atoms with Gasteiger partial charge in [-0.15, -0.1) is 0 Å². The zero-order valence-electron chi connectivity index (χ0n) is 10.0. The van der Waals surface area contributed by atoms with Gasteiger partial charge in [-0.25, -0.2) is 0 Å². The van der Waals surface area contributed by atoms with Crippen LogP contribution in [0.2, 0.25) is 0 Å². The first kappa shape index (κ1) is 12.8. The van der Waals surface area contributed by atoms with Crippen LogP contribution in [-0.2, 0) is 4.79 Å². The summed E-state index contributed by atoms with van der Waals surface area (Å²) in [4.78, 5) is 14.6. The Bertz CT molecular complexity index is 328. The largest absolute Gasteiger partial charge is 0.394 e. The fraction of sp³-hybridized carbons (Fsp3) is 0.833. The molecule has 1 amide bonds. The molecule has 1 atom stereocenters. The second kappa shape index (κ2) is 4.90. The van der Waals surface area contributed by atoms with E-state index in [4.69, 9.17) is 18.0 Å². The van der Waals surface area contributed by atoms with Gasteiger partial charge in [-0.05, 0) is 25.7 Å². The number of nitrogens with zero attached hydrogens (tertiary/aromatic N) is 1. The van der Waals surface area contributed by atoms with Gasteiger partial charge in [0.2, 0.25) is 5.91 Å². The normalized spacial score (nSPS) is 27.4. The lowest BCUT2D eigenvalue weighted by Crippen LogP contribution is -2.48. The van der Waals surface area contributed by atoms with Gasteiger partial charge >= 0.3 is 0 Å². The predicted molar refractivity (Wildman–Crippen MR) is 69.5 cm³/mol. The van der Waals surface area contributed by atoms with Crippen LogP contribution < -0.4 is 5.73 Å². The molecule has 0 bridgehead atoms. The van der Waals surface area contributed by atoms with Crippen molar-refractivity contribution < 1.29 is 9.90 Å². The van der Waals surface area contributed by atoms with Crippen molar-refractivity contribution in [2.45, 2.75) is 44.6 Å².